The number of benzene rings is 1. The van der Waals surface area contributed by atoms with Crippen molar-refractivity contribution in [2.45, 2.75) is 18.7 Å². The number of rotatable bonds is 3. The van der Waals surface area contributed by atoms with E-state index >= 15 is 0 Å². The minimum Gasteiger partial charge on any atom is -0.394 e. The number of hydrogen-bond donors (Lipinski definition) is 3. The SMILES string of the molecule is Cc1ccc(S(=O)(=O)Nc2n[nH]c(C)c2N)cc1. The largest absolute Gasteiger partial charge is 0.394 e. The molecule has 96 valence electrons. The highest BCUT2D eigenvalue weighted by atomic mass is 32.2. The summed E-state index contributed by atoms with van der Waals surface area (Å²) in [5, 5.41) is 6.42. The van der Waals surface area contributed by atoms with Crippen LogP contribution >= 0.6 is 0 Å². The lowest BCUT2D eigenvalue weighted by atomic mass is 10.2. The van der Waals surface area contributed by atoms with E-state index in [9.17, 15) is 8.42 Å². The average molecular weight is 266 g/mol. The molecule has 0 bridgehead atoms. The summed E-state index contributed by atoms with van der Waals surface area (Å²) in [6.45, 7) is 3.60. The van der Waals surface area contributed by atoms with Crippen LogP contribution in [0.1, 0.15) is 11.3 Å². The first kappa shape index (κ1) is 12.4. The number of aryl methyl sites for hydroxylation is 2. The molecule has 2 rings (SSSR count). The number of sulfonamides is 1. The third-order valence-corrected chi connectivity index (χ3v) is 3.91. The molecule has 1 aromatic carbocycles. The zero-order valence-corrected chi connectivity index (χ0v) is 10.9. The molecule has 0 atom stereocenters. The van der Waals surface area contributed by atoms with Crippen LogP contribution in [-0.2, 0) is 10.0 Å². The monoisotopic (exact) mass is 266 g/mol. The molecule has 4 N–H and O–H groups in total. The van der Waals surface area contributed by atoms with Crippen LogP contribution in [0.25, 0.3) is 0 Å². The fourth-order valence-electron chi connectivity index (χ4n) is 1.42. The molecule has 1 heterocycles. The van der Waals surface area contributed by atoms with Crippen LogP contribution in [0.2, 0.25) is 0 Å². The molecule has 6 nitrogen and oxygen atoms in total. The number of hydrogen-bond acceptors (Lipinski definition) is 4. The number of nitrogens with zero attached hydrogens (tertiary/aromatic N) is 1. The van der Waals surface area contributed by atoms with Gasteiger partial charge < -0.3 is 5.73 Å². The van der Waals surface area contributed by atoms with E-state index in [1.165, 1.54) is 12.1 Å². The normalized spacial score (nSPS) is 11.4. The van der Waals surface area contributed by atoms with Crippen molar-refractivity contribution in [3.05, 3.63) is 35.5 Å². The van der Waals surface area contributed by atoms with Gasteiger partial charge in [-0.15, -0.1) is 0 Å². The summed E-state index contributed by atoms with van der Waals surface area (Å²) < 4.78 is 26.5. The maximum atomic E-state index is 12.1. The third-order valence-electron chi connectivity index (χ3n) is 2.56. The second kappa shape index (κ2) is 4.34. The van der Waals surface area contributed by atoms with Gasteiger partial charge >= 0.3 is 0 Å². The van der Waals surface area contributed by atoms with Gasteiger partial charge in [-0.3, -0.25) is 9.82 Å². The quantitative estimate of drug-likeness (QED) is 0.781. The van der Waals surface area contributed by atoms with E-state index < -0.39 is 10.0 Å². The van der Waals surface area contributed by atoms with Gasteiger partial charge in [-0.05, 0) is 26.0 Å². The van der Waals surface area contributed by atoms with E-state index in [1.807, 2.05) is 6.92 Å². The summed E-state index contributed by atoms with van der Waals surface area (Å²) in [6.07, 6.45) is 0. The van der Waals surface area contributed by atoms with Gasteiger partial charge in [-0.2, -0.15) is 5.10 Å². The predicted octanol–water partition coefficient (Wildman–Crippen LogP) is 1.41. The second-order valence-corrected chi connectivity index (χ2v) is 5.71. The number of nitrogens with two attached hydrogens (primary N) is 1. The third kappa shape index (κ3) is 2.30. The Morgan fingerprint density at radius 3 is 2.33 bits per heavy atom. The number of nitrogens with one attached hydrogen (secondary N) is 2. The van der Waals surface area contributed by atoms with Crippen LogP contribution in [0.5, 0.6) is 0 Å². The average Bonchev–Trinajstić information content (AvgIpc) is 2.61. The van der Waals surface area contributed by atoms with Crippen molar-refractivity contribution in [2.75, 3.05) is 10.5 Å². The Bertz CT molecular complexity index is 659. The maximum absolute atomic E-state index is 12.1. The molecule has 1 aromatic heterocycles. The van der Waals surface area contributed by atoms with Crippen molar-refractivity contribution in [2.24, 2.45) is 0 Å². The topological polar surface area (TPSA) is 101 Å². The Hall–Kier alpha value is -2.02. The second-order valence-electron chi connectivity index (χ2n) is 4.03. The molecule has 0 aliphatic rings. The van der Waals surface area contributed by atoms with Gasteiger partial charge in [0.25, 0.3) is 10.0 Å². The number of aromatic amines is 1. The first-order valence-electron chi connectivity index (χ1n) is 5.30. The maximum Gasteiger partial charge on any atom is 0.263 e. The van der Waals surface area contributed by atoms with Crippen molar-refractivity contribution < 1.29 is 8.42 Å². The molecule has 2 aromatic rings. The lowest BCUT2D eigenvalue weighted by Crippen LogP contribution is -2.14. The highest BCUT2D eigenvalue weighted by Crippen LogP contribution is 2.21. The van der Waals surface area contributed by atoms with Gasteiger partial charge in [0.15, 0.2) is 5.82 Å². The fourth-order valence-corrected chi connectivity index (χ4v) is 2.44. The molecule has 0 saturated carbocycles. The molecule has 7 heteroatoms. The van der Waals surface area contributed by atoms with Gasteiger partial charge in [-0.1, -0.05) is 17.7 Å². The lowest BCUT2D eigenvalue weighted by molar-refractivity contribution is 0.601. The van der Waals surface area contributed by atoms with Crippen LogP contribution < -0.4 is 10.5 Å². The van der Waals surface area contributed by atoms with Gasteiger partial charge in [0.05, 0.1) is 16.3 Å². The van der Waals surface area contributed by atoms with Crippen LogP contribution in [0.15, 0.2) is 29.2 Å². The van der Waals surface area contributed by atoms with Crippen molar-refractivity contribution in [3.63, 3.8) is 0 Å². The van der Waals surface area contributed by atoms with E-state index in [2.05, 4.69) is 14.9 Å². The Labute approximate surface area is 105 Å². The van der Waals surface area contributed by atoms with Gasteiger partial charge in [-0.25, -0.2) is 8.42 Å². The standard InChI is InChI=1S/C11H14N4O2S/c1-7-3-5-9(6-4-7)18(16,17)15-11-10(12)8(2)13-14-11/h3-6H,12H2,1-2H3,(H2,13,14,15). The summed E-state index contributed by atoms with van der Waals surface area (Å²) in [5.41, 5.74) is 7.60. The molecule has 18 heavy (non-hydrogen) atoms. The molecule has 0 fully saturated rings. The number of aromatic nitrogens is 2. The number of anilines is 2. The summed E-state index contributed by atoms with van der Waals surface area (Å²) in [7, 11) is -3.65. The van der Waals surface area contributed by atoms with Gasteiger partial charge in [0, 0.05) is 0 Å². The first-order chi connectivity index (χ1) is 8.40. The molecule has 0 aliphatic heterocycles. The van der Waals surface area contributed by atoms with Crippen LogP contribution in [-0.4, -0.2) is 18.6 Å². The zero-order chi connectivity index (χ0) is 13.3. The highest BCUT2D eigenvalue weighted by Gasteiger charge is 2.17. The van der Waals surface area contributed by atoms with Crippen molar-refractivity contribution in [3.8, 4) is 0 Å². The van der Waals surface area contributed by atoms with Crippen molar-refractivity contribution >= 4 is 21.5 Å². The molecule has 0 radical (unpaired) electrons. The fraction of sp³-hybridized carbons (Fsp3) is 0.182. The van der Waals surface area contributed by atoms with Crippen LogP contribution in [0, 0.1) is 13.8 Å². The predicted molar refractivity (Wildman–Crippen MR) is 69.7 cm³/mol. The molecular weight excluding hydrogens is 252 g/mol. The number of nitrogen functional groups attached to an aromatic ring is 1. The van der Waals surface area contributed by atoms with Gasteiger partial charge in [0.2, 0.25) is 0 Å². The van der Waals surface area contributed by atoms with E-state index in [4.69, 9.17) is 5.73 Å². The van der Waals surface area contributed by atoms with E-state index in [1.54, 1.807) is 19.1 Å². The molecule has 0 aliphatic carbocycles. The minimum absolute atomic E-state index is 0.119. The van der Waals surface area contributed by atoms with Crippen molar-refractivity contribution in [1.82, 2.24) is 10.2 Å². The summed E-state index contributed by atoms with van der Waals surface area (Å²) in [4.78, 5) is 0.174. The van der Waals surface area contributed by atoms with E-state index in [0.717, 1.165) is 5.56 Å². The van der Waals surface area contributed by atoms with Crippen LogP contribution in [0.3, 0.4) is 0 Å². The molecule has 0 unspecified atom stereocenters. The Morgan fingerprint density at radius 2 is 1.83 bits per heavy atom. The van der Waals surface area contributed by atoms with E-state index in [-0.39, 0.29) is 10.7 Å². The molecule has 0 amide bonds. The molecular formula is C11H14N4O2S. The zero-order valence-electron chi connectivity index (χ0n) is 10.1. The summed E-state index contributed by atoms with van der Waals surface area (Å²) in [6, 6.07) is 6.53. The van der Waals surface area contributed by atoms with Crippen LogP contribution in [0.4, 0.5) is 11.5 Å². The summed E-state index contributed by atoms with van der Waals surface area (Å²) in [5.74, 6) is 0.119. The first-order valence-corrected chi connectivity index (χ1v) is 6.78. The van der Waals surface area contributed by atoms with Crippen molar-refractivity contribution in [1.29, 1.82) is 0 Å². The molecule has 0 spiro atoms. The van der Waals surface area contributed by atoms with E-state index in [0.29, 0.717) is 11.4 Å². The Balaban J connectivity index is 2.33. The molecule has 0 saturated heterocycles. The van der Waals surface area contributed by atoms with Gasteiger partial charge in [0.1, 0.15) is 0 Å². The Morgan fingerprint density at radius 1 is 1.22 bits per heavy atom. The Kier molecular flexibility index (Phi) is 3.00. The smallest absolute Gasteiger partial charge is 0.263 e. The highest BCUT2D eigenvalue weighted by molar-refractivity contribution is 7.92. The number of H-pyrrole nitrogens is 1. The lowest BCUT2D eigenvalue weighted by Gasteiger charge is -2.06. The minimum atomic E-state index is -3.65. The summed E-state index contributed by atoms with van der Waals surface area (Å²) >= 11 is 0.